The number of ether oxygens (including phenoxy) is 2. The van der Waals surface area contributed by atoms with E-state index in [1.54, 1.807) is 12.1 Å². The number of rotatable bonds is 2. The summed E-state index contributed by atoms with van der Waals surface area (Å²) in [6.07, 6.45) is 1.29. The molecule has 16 heavy (non-hydrogen) atoms. The van der Waals surface area contributed by atoms with E-state index in [0.717, 1.165) is 0 Å². The molecule has 1 amide bonds. The van der Waals surface area contributed by atoms with Crippen LogP contribution in [0.25, 0.3) is 0 Å². The first-order valence-electron chi connectivity index (χ1n) is 4.80. The molecule has 2 rings (SSSR count). The van der Waals surface area contributed by atoms with Crippen molar-refractivity contribution in [3.05, 3.63) is 36.3 Å². The second-order valence-corrected chi connectivity index (χ2v) is 3.20. The number of phenolic OH excluding ortho intramolecular Hbond substituents is 1. The third kappa shape index (κ3) is 2.44. The first-order valence-corrected chi connectivity index (χ1v) is 4.80. The van der Waals surface area contributed by atoms with Crippen LogP contribution >= 0.6 is 0 Å². The Kier molecular flexibility index (Phi) is 2.95. The number of nitrogens with one attached hydrogen (secondary N) is 1. The van der Waals surface area contributed by atoms with Crippen LogP contribution in [-0.2, 0) is 14.3 Å². The zero-order chi connectivity index (χ0) is 11.4. The molecule has 0 saturated carbocycles. The standard InChI is InChI=1S/C11H11NO4/c13-9-3-1-8(2-4-9)12-11(14)10-7-15-5-6-16-10/h1-4,7,13H,5-6H2,(H,12,14). The SMILES string of the molecule is O=C(Nc1ccc(O)cc1)C1=COCCO1. The monoisotopic (exact) mass is 221 g/mol. The Hall–Kier alpha value is -2.17. The number of amides is 1. The fourth-order valence-corrected chi connectivity index (χ4v) is 1.22. The van der Waals surface area contributed by atoms with E-state index >= 15 is 0 Å². The number of phenols is 1. The van der Waals surface area contributed by atoms with Crippen molar-refractivity contribution in [2.45, 2.75) is 0 Å². The molecule has 5 heteroatoms. The normalized spacial score (nSPS) is 14.4. The summed E-state index contributed by atoms with van der Waals surface area (Å²) < 4.78 is 10.1. The highest BCUT2D eigenvalue weighted by molar-refractivity contribution is 6.02. The molecule has 84 valence electrons. The van der Waals surface area contributed by atoms with Crippen LogP contribution in [-0.4, -0.2) is 24.2 Å². The quantitative estimate of drug-likeness (QED) is 0.737. The maximum absolute atomic E-state index is 11.6. The Morgan fingerprint density at radius 3 is 2.62 bits per heavy atom. The summed E-state index contributed by atoms with van der Waals surface area (Å²) in [5.41, 5.74) is 0.581. The molecule has 1 aliphatic rings. The minimum Gasteiger partial charge on any atom is -0.508 e. The van der Waals surface area contributed by atoms with Crippen molar-refractivity contribution in [1.82, 2.24) is 0 Å². The maximum Gasteiger partial charge on any atom is 0.294 e. The van der Waals surface area contributed by atoms with Crippen LogP contribution in [0.1, 0.15) is 0 Å². The summed E-state index contributed by atoms with van der Waals surface area (Å²) in [7, 11) is 0. The smallest absolute Gasteiger partial charge is 0.294 e. The fraction of sp³-hybridized carbons (Fsp3) is 0.182. The topological polar surface area (TPSA) is 67.8 Å². The summed E-state index contributed by atoms with van der Waals surface area (Å²) in [6, 6.07) is 6.17. The third-order valence-electron chi connectivity index (χ3n) is 2.00. The van der Waals surface area contributed by atoms with E-state index in [0.29, 0.717) is 18.9 Å². The summed E-state index contributed by atoms with van der Waals surface area (Å²) >= 11 is 0. The second-order valence-electron chi connectivity index (χ2n) is 3.20. The number of benzene rings is 1. The van der Waals surface area contributed by atoms with Crippen LogP contribution < -0.4 is 5.32 Å². The van der Waals surface area contributed by atoms with Gasteiger partial charge in [0.1, 0.15) is 25.2 Å². The lowest BCUT2D eigenvalue weighted by Gasteiger charge is -2.14. The van der Waals surface area contributed by atoms with Crippen molar-refractivity contribution >= 4 is 11.6 Å². The molecule has 0 spiro atoms. The van der Waals surface area contributed by atoms with Gasteiger partial charge in [0.2, 0.25) is 5.76 Å². The highest BCUT2D eigenvalue weighted by Crippen LogP contribution is 2.15. The van der Waals surface area contributed by atoms with Crippen molar-refractivity contribution in [2.24, 2.45) is 0 Å². The van der Waals surface area contributed by atoms with Crippen LogP contribution in [0.4, 0.5) is 5.69 Å². The van der Waals surface area contributed by atoms with E-state index < -0.39 is 0 Å². The predicted octanol–water partition coefficient (Wildman–Crippen LogP) is 1.22. The first-order chi connectivity index (χ1) is 7.75. The molecule has 2 N–H and O–H groups in total. The van der Waals surface area contributed by atoms with Crippen molar-refractivity contribution < 1.29 is 19.4 Å². The van der Waals surface area contributed by atoms with Gasteiger partial charge in [0.05, 0.1) is 0 Å². The van der Waals surface area contributed by atoms with E-state index in [4.69, 9.17) is 14.6 Å². The average molecular weight is 221 g/mol. The van der Waals surface area contributed by atoms with Crippen LogP contribution in [0.3, 0.4) is 0 Å². The largest absolute Gasteiger partial charge is 0.508 e. The van der Waals surface area contributed by atoms with E-state index in [1.807, 2.05) is 0 Å². The number of carbonyl (C=O) groups excluding carboxylic acids is 1. The van der Waals surface area contributed by atoms with Gasteiger partial charge >= 0.3 is 0 Å². The number of carbonyl (C=O) groups is 1. The highest BCUT2D eigenvalue weighted by atomic mass is 16.6. The molecule has 0 radical (unpaired) electrons. The van der Waals surface area contributed by atoms with Gasteiger partial charge in [-0.25, -0.2) is 0 Å². The Balaban J connectivity index is 2.01. The Morgan fingerprint density at radius 2 is 2.00 bits per heavy atom. The minimum atomic E-state index is -0.370. The number of hydrogen-bond donors (Lipinski definition) is 2. The molecule has 0 fully saturated rings. The van der Waals surface area contributed by atoms with Crippen molar-refractivity contribution in [3.63, 3.8) is 0 Å². The van der Waals surface area contributed by atoms with Gasteiger partial charge in [-0.05, 0) is 24.3 Å². The minimum absolute atomic E-state index is 0.148. The number of anilines is 1. The summed E-state index contributed by atoms with van der Waals surface area (Å²) in [6.45, 7) is 0.824. The molecule has 1 aromatic rings. The maximum atomic E-state index is 11.6. The number of hydrogen-bond acceptors (Lipinski definition) is 4. The van der Waals surface area contributed by atoms with Gasteiger partial charge in [0.25, 0.3) is 5.91 Å². The molecule has 1 aromatic carbocycles. The molecule has 1 heterocycles. The van der Waals surface area contributed by atoms with Gasteiger partial charge in [0, 0.05) is 5.69 Å². The van der Waals surface area contributed by atoms with Gasteiger partial charge in [-0.15, -0.1) is 0 Å². The lowest BCUT2D eigenvalue weighted by Crippen LogP contribution is -2.21. The molecule has 0 bridgehead atoms. The Morgan fingerprint density at radius 1 is 1.25 bits per heavy atom. The van der Waals surface area contributed by atoms with Crippen LogP contribution in [0, 0.1) is 0 Å². The molecule has 0 aromatic heterocycles. The summed E-state index contributed by atoms with van der Waals surface area (Å²) in [5, 5.41) is 11.7. The van der Waals surface area contributed by atoms with Gasteiger partial charge in [-0.1, -0.05) is 0 Å². The van der Waals surface area contributed by atoms with E-state index in [-0.39, 0.29) is 17.4 Å². The van der Waals surface area contributed by atoms with Crippen molar-refractivity contribution in [2.75, 3.05) is 18.5 Å². The molecule has 5 nitrogen and oxygen atoms in total. The summed E-state index contributed by atoms with van der Waals surface area (Å²) in [4.78, 5) is 11.6. The molecule has 0 unspecified atom stereocenters. The number of aromatic hydroxyl groups is 1. The van der Waals surface area contributed by atoms with Crippen LogP contribution in [0.5, 0.6) is 5.75 Å². The third-order valence-corrected chi connectivity index (χ3v) is 2.00. The molecule has 0 atom stereocenters. The van der Waals surface area contributed by atoms with Crippen LogP contribution in [0.2, 0.25) is 0 Å². The zero-order valence-corrected chi connectivity index (χ0v) is 8.47. The van der Waals surface area contributed by atoms with Gasteiger partial charge in [0.15, 0.2) is 0 Å². The van der Waals surface area contributed by atoms with E-state index in [2.05, 4.69) is 5.32 Å². The van der Waals surface area contributed by atoms with E-state index in [1.165, 1.54) is 18.4 Å². The predicted molar refractivity (Wildman–Crippen MR) is 56.7 cm³/mol. The summed E-state index contributed by atoms with van der Waals surface area (Å²) in [5.74, 6) is -0.0702. The molecular weight excluding hydrogens is 210 g/mol. The lowest BCUT2D eigenvalue weighted by atomic mass is 10.3. The molecule has 1 aliphatic heterocycles. The molecule has 0 saturated heterocycles. The second kappa shape index (κ2) is 4.57. The van der Waals surface area contributed by atoms with E-state index in [9.17, 15) is 4.79 Å². The Labute approximate surface area is 92.3 Å². The Bertz CT molecular complexity index is 410. The van der Waals surface area contributed by atoms with Crippen LogP contribution in [0.15, 0.2) is 36.3 Å². The van der Waals surface area contributed by atoms with Gasteiger partial charge in [-0.2, -0.15) is 0 Å². The first kappa shape index (κ1) is 10.4. The fourth-order valence-electron chi connectivity index (χ4n) is 1.22. The molecule has 0 aliphatic carbocycles. The average Bonchev–Trinajstić information content (AvgIpc) is 2.33. The zero-order valence-electron chi connectivity index (χ0n) is 8.47. The van der Waals surface area contributed by atoms with Crippen molar-refractivity contribution in [1.29, 1.82) is 0 Å². The van der Waals surface area contributed by atoms with Crippen molar-refractivity contribution in [3.8, 4) is 5.75 Å². The van der Waals surface area contributed by atoms with Gasteiger partial charge < -0.3 is 19.9 Å². The highest BCUT2D eigenvalue weighted by Gasteiger charge is 2.14. The van der Waals surface area contributed by atoms with Gasteiger partial charge in [-0.3, -0.25) is 4.79 Å². The lowest BCUT2D eigenvalue weighted by molar-refractivity contribution is -0.117. The molecular formula is C11H11NO4.